The maximum absolute atomic E-state index is 11.6. The smallest absolute Gasteiger partial charge is 0.175 e. The highest BCUT2D eigenvalue weighted by molar-refractivity contribution is 7.90. The summed E-state index contributed by atoms with van der Waals surface area (Å²) in [6, 6.07) is 4.95. The van der Waals surface area contributed by atoms with Crippen molar-refractivity contribution in [2.24, 2.45) is 0 Å². The molecule has 5 heteroatoms. The van der Waals surface area contributed by atoms with E-state index in [1.807, 2.05) is 0 Å². The summed E-state index contributed by atoms with van der Waals surface area (Å²) in [4.78, 5) is 0.309. The van der Waals surface area contributed by atoms with Gasteiger partial charge in [0.1, 0.15) is 0 Å². The van der Waals surface area contributed by atoms with Gasteiger partial charge in [-0.25, -0.2) is 8.42 Å². The molecule has 0 radical (unpaired) electrons. The van der Waals surface area contributed by atoms with Gasteiger partial charge in [-0.15, -0.1) is 0 Å². The molecule has 0 unspecified atom stereocenters. The predicted octanol–water partition coefficient (Wildman–Crippen LogP) is 2.24. The number of hydrogen-bond donors (Lipinski definition) is 1. The summed E-state index contributed by atoms with van der Waals surface area (Å²) in [7, 11) is -3.22. The molecule has 0 saturated carbocycles. The van der Waals surface area contributed by atoms with Gasteiger partial charge in [0, 0.05) is 23.4 Å². The van der Waals surface area contributed by atoms with Crippen LogP contribution in [0.4, 0.5) is 0 Å². The Hall–Kier alpha value is -0.580. The molecule has 1 rings (SSSR count). The van der Waals surface area contributed by atoms with Crippen molar-refractivity contribution < 1.29 is 8.42 Å². The zero-order valence-electron chi connectivity index (χ0n) is 9.46. The highest BCUT2D eigenvalue weighted by atomic mass is 35.5. The molecule has 0 aliphatic heterocycles. The van der Waals surface area contributed by atoms with Crippen LogP contribution in [-0.2, 0) is 16.4 Å². The lowest BCUT2D eigenvalue weighted by Crippen LogP contribution is -2.16. The third-order valence-electron chi connectivity index (χ3n) is 2.20. The summed E-state index contributed by atoms with van der Waals surface area (Å²) in [5, 5.41) is 3.65. The van der Waals surface area contributed by atoms with Crippen LogP contribution < -0.4 is 5.32 Å². The minimum absolute atomic E-state index is 0.309. The zero-order chi connectivity index (χ0) is 12.2. The van der Waals surface area contributed by atoms with Crippen LogP contribution in [0.25, 0.3) is 0 Å². The van der Waals surface area contributed by atoms with Crippen LogP contribution in [0, 0.1) is 0 Å². The van der Waals surface area contributed by atoms with Crippen LogP contribution in [0.2, 0.25) is 5.02 Å². The summed E-state index contributed by atoms with van der Waals surface area (Å²) in [5.41, 5.74) is 0.653. The molecule has 1 N–H and O–H groups in total. The third kappa shape index (κ3) is 3.47. The van der Waals surface area contributed by atoms with Crippen molar-refractivity contribution in [1.82, 2.24) is 5.32 Å². The lowest BCUT2D eigenvalue weighted by atomic mass is 10.2. The Balaban J connectivity index is 3.05. The van der Waals surface area contributed by atoms with Gasteiger partial charge in [-0.1, -0.05) is 24.6 Å². The van der Waals surface area contributed by atoms with Gasteiger partial charge >= 0.3 is 0 Å². The first kappa shape index (κ1) is 13.5. The molecule has 0 fully saturated rings. The molecule has 1 aromatic carbocycles. The molecule has 0 aliphatic carbocycles. The highest BCUT2D eigenvalue weighted by Gasteiger charge is 2.14. The Morgan fingerprint density at radius 1 is 1.38 bits per heavy atom. The number of benzene rings is 1. The van der Waals surface area contributed by atoms with Crippen LogP contribution in [0.15, 0.2) is 23.1 Å². The first-order valence-corrected chi connectivity index (χ1v) is 7.42. The van der Waals surface area contributed by atoms with Gasteiger partial charge in [0.05, 0.1) is 4.90 Å². The van der Waals surface area contributed by atoms with Crippen LogP contribution >= 0.6 is 11.6 Å². The Morgan fingerprint density at radius 3 is 2.62 bits per heavy atom. The largest absolute Gasteiger partial charge is 0.313 e. The van der Waals surface area contributed by atoms with Gasteiger partial charge < -0.3 is 5.32 Å². The number of hydrogen-bond acceptors (Lipinski definition) is 3. The average molecular weight is 262 g/mol. The van der Waals surface area contributed by atoms with E-state index in [2.05, 4.69) is 12.2 Å². The van der Waals surface area contributed by atoms with Crippen molar-refractivity contribution in [1.29, 1.82) is 0 Å². The van der Waals surface area contributed by atoms with E-state index in [0.717, 1.165) is 13.0 Å². The molecule has 0 saturated heterocycles. The summed E-state index contributed by atoms with van der Waals surface area (Å²) in [5.74, 6) is 0. The number of halogens is 1. The van der Waals surface area contributed by atoms with Crippen molar-refractivity contribution in [3.63, 3.8) is 0 Å². The summed E-state index contributed by atoms with van der Waals surface area (Å²) >= 11 is 6.01. The zero-order valence-corrected chi connectivity index (χ0v) is 11.0. The van der Waals surface area contributed by atoms with E-state index in [9.17, 15) is 8.42 Å². The molecular weight excluding hydrogens is 246 g/mol. The van der Waals surface area contributed by atoms with E-state index in [-0.39, 0.29) is 0 Å². The molecule has 0 bridgehead atoms. The number of nitrogens with one attached hydrogen (secondary N) is 1. The third-order valence-corrected chi connectivity index (χ3v) is 3.74. The lowest BCUT2D eigenvalue weighted by molar-refractivity contribution is 0.598. The second-order valence-electron chi connectivity index (χ2n) is 3.67. The number of rotatable bonds is 5. The molecule has 0 atom stereocenters. The minimum atomic E-state index is -3.22. The molecule has 3 nitrogen and oxygen atoms in total. The Kier molecular flexibility index (Phi) is 4.77. The minimum Gasteiger partial charge on any atom is -0.313 e. The van der Waals surface area contributed by atoms with E-state index >= 15 is 0 Å². The first-order chi connectivity index (χ1) is 7.46. The second-order valence-corrected chi connectivity index (χ2v) is 6.06. The fourth-order valence-corrected chi connectivity index (χ4v) is 2.70. The molecular formula is C11H16ClNO2S. The summed E-state index contributed by atoms with van der Waals surface area (Å²) in [6.45, 7) is 3.38. The molecule has 0 aliphatic rings. The Labute approximate surface area is 102 Å². The number of sulfone groups is 1. The molecule has 16 heavy (non-hydrogen) atoms. The van der Waals surface area contributed by atoms with Gasteiger partial charge in [0.15, 0.2) is 9.84 Å². The van der Waals surface area contributed by atoms with E-state index in [0.29, 0.717) is 22.0 Å². The maximum atomic E-state index is 11.6. The lowest BCUT2D eigenvalue weighted by Gasteiger charge is -2.10. The molecule has 0 aromatic heterocycles. The van der Waals surface area contributed by atoms with E-state index in [1.165, 1.54) is 6.26 Å². The fourth-order valence-electron chi connectivity index (χ4n) is 1.45. The monoisotopic (exact) mass is 261 g/mol. The SMILES string of the molecule is CCCNCc1c(Cl)cccc1S(C)(=O)=O. The topological polar surface area (TPSA) is 46.2 Å². The molecule has 90 valence electrons. The normalized spacial score (nSPS) is 11.7. The van der Waals surface area contributed by atoms with Gasteiger partial charge in [-0.2, -0.15) is 0 Å². The summed E-state index contributed by atoms with van der Waals surface area (Å²) in [6.07, 6.45) is 2.20. The van der Waals surface area contributed by atoms with Crippen LogP contribution in [-0.4, -0.2) is 21.2 Å². The van der Waals surface area contributed by atoms with Crippen LogP contribution in [0.1, 0.15) is 18.9 Å². The Bertz CT molecular complexity index is 457. The first-order valence-electron chi connectivity index (χ1n) is 5.15. The van der Waals surface area contributed by atoms with Gasteiger partial charge in [-0.05, 0) is 25.1 Å². The van der Waals surface area contributed by atoms with Crippen LogP contribution in [0.3, 0.4) is 0 Å². The molecule has 0 heterocycles. The van der Waals surface area contributed by atoms with E-state index < -0.39 is 9.84 Å². The van der Waals surface area contributed by atoms with Gasteiger partial charge in [0.2, 0.25) is 0 Å². The quantitative estimate of drug-likeness (QED) is 0.827. The van der Waals surface area contributed by atoms with Gasteiger partial charge in [-0.3, -0.25) is 0 Å². The van der Waals surface area contributed by atoms with Crippen molar-refractivity contribution in [3.05, 3.63) is 28.8 Å². The van der Waals surface area contributed by atoms with Gasteiger partial charge in [0.25, 0.3) is 0 Å². The summed E-state index contributed by atoms with van der Waals surface area (Å²) < 4.78 is 23.1. The van der Waals surface area contributed by atoms with E-state index in [1.54, 1.807) is 18.2 Å². The second kappa shape index (κ2) is 5.66. The van der Waals surface area contributed by atoms with E-state index in [4.69, 9.17) is 11.6 Å². The Morgan fingerprint density at radius 2 is 2.06 bits per heavy atom. The fraction of sp³-hybridized carbons (Fsp3) is 0.455. The molecule has 1 aromatic rings. The standard InChI is InChI=1S/C11H16ClNO2S/c1-3-7-13-8-9-10(12)5-4-6-11(9)16(2,14)15/h4-6,13H,3,7-8H2,1-2H3. The molecule has 0 spiro atoms. The average Bonchev–Trinajstić information content (AvgIpc) is 2.19. The van der Waals surface area contributed by atoms with Crippen molar-refractivity contribution in [2.45, 2.75) is 24.8 Å². The maximum Gasteiger partial charge on any atom is 0.175 e. The van der Waals surface area contributed by atoms with Crippen LogP contribution in [0.5, 0.6) is 0 Å². The van der Waals surface area contributed by atoms with Crippen molar-refractivity contribution in [2.75, 3.05) is 12.8 Å². The highest BCUT2D eigenvalue weighted by Crippen LogP contribution is 2.23. The van der Waals surface area contributed by atoms with Crippen molar-refractivity contribution >= 4 is 21.4 Å². The molecule has 0 amide bonds. The predicted molar refractivity (Wildman–Crippen MR) is 66.6 cm³/mol. The van der Waals surface area contributed by atoms with Crippen molar-refractivity contribution in [3.8, 4) is 0 Å².